The Morgan fingerprint density at radius 2 is 2.06 bits per heavy atom. The minimum absolute atomic E-state index is 0.170. The van der Waals surface area contributed by atoms with Crippen LogP contribution in [0.5, 0.6) is 0 Å². The molecule has 0 aliphatic carbocycles. The summed E-state index contributed by atoms with van der Waals surface area (Å²) in [6.45, 7) is 5.13. The van der Waals surface area contributed by atoms with Crippen molar-refractivity contribution in [2.24, 2.45) is 0 Å². The van der Waals surface area contributed by atoms with Crippen LogP contribution < -0.4 is 5.32 Å². The first-order valence-electron chi connectivity index (χ1n) is 10.7. The summed E-state index contributed by atoms with van der Waals surface area (Å²) in [7, 11) is 0. The Labute approximate surface area is 190 Å². The van der Waals surface area contributed by atoms with Gasteiger partial charge in [0.25, 0.3) is 5.91 Å². The highest BCUT2D eigenvalue weighted by Crippen LogP contribution is 2.31. The SMILES string of the molecule is CC(C)c1cc(C#N)cc2nc(-c3ccc(C(=O)NCC4CN(C(=O)O)CCO4)cc3)oc12. The van der Waals surface area contributed by atoms with Crippen molar-refractivity contribution >= 4 is 23.1 Å². The van der Waals surface area contributed by atoms with Gasteiger partial charge in [0.15, 0.2) is 5.58 Å². The Bertz CT molecular complexity index is 1230. The summed E-state index contributed by atoms with van der Waals surface area (Å²) in [5.74, 6) is 0.303. The molecule has 9 nitrogen and oxygen atoms in total. The third-order valence-electron chi connectivity index (χ3n) is 5.56. The second-order valence-electron chi connectivity index (χ2n) is 8.21. The number of nitriles is 1. The number of nitrogens with one attached hydrogen (secondary N) is 1. The number of oxazole rings is 1. The van der Waals surface area contributed by atoms with Gasteiger partial charge in [-0.25, -0.2) is 9.78 Å². The Balaban J connectivity index is 1.46. The number of nitrogens with zero attached hydrogens (tertiary/aromatic N) is 3. The van der Waals surface area contributed by atoms with Crippen molar-refractivity contribution in [3.63, 3.8) is 0 Å². The molecule has 2 N–H and O–H groups in total. The largest absolute Gasteiger partial charge is 0.465 e. The minimum atomic E-state index is -0.992. The van der Waals surface area contributed by atoms with Crippen molar-refractivity contribution in [1.29, 1.82) is 5.26 Å². The zero-order chi connectivity index (χ0) is 23.5. The highest BCUT2D eigenvalue weighted by molar-refractivity contribution is 5.94. The fraction of sp³-hybridized carbons (Fsp3) is 0.333. The summed E-state index contributed by atoms with van der Waals surface area (Å²) < 4.78 is 11.5. The highest BCUT2D eigenvalue weighted by atomic mass is 16.5. The van der Waals surface area contributed by atoms with Crippen molar-refractivity contribution in [2.75, 3.05) is 26.2 Å². The lowest BCUT2D eigenvalue weighted by Crippen LogP contribution is -2.49. The Morgan fingerprint density at radius 1 is 1.30 bits per heavy atom. The maximum Gasteiger partial charge on any atom is 0.407 e. The van der Waals surface area contributed by atoms with E-state index < -0.39 is 6.09 Å². The van der Waals surface area contributed by atoms with Gasteiger partial charge in [0.1, 0.15) is 5.52 Å². The van der Waals surface area contributed by atoms with Crippen molar-refractivity contribution in [1.82, 2.24) is 15.2 Å². The third-order valence-corrected chi connectivity index (χ3v) is 5.56. The van der Waals surface area contributed by atoms with Gasteiger partial charge in [-0.1, -0.05) is 13.8 Å². The van der Waals surface area contributed by atoms with E-state index in [2.05, 4.69) is 16.4 Å². The Hall–Kier alpha value is -3.90. The van der Waals surface area contributed by atoms with Gasteiger partial charge in [-0.15, -0.1) is 0 Å². The van der Waals surface area contributed by atoms with Crippen LogP contribution in [0, 0.1) is 11.3 Å². The lowest BCUT2D eigenvalue weighted by atomic mass is 10.00. The summed E-state index contributed by atoms with van der Waals surface area (Å²) >= 11 is 0. The molecule has 0 spiro atoms. The molecule has 4 rings (SSSR count). The van der Waals surface area contributed by atoms with Crippen LogP contribution in [0.15, 0.2) is 40.8 Å². The maximum absolute atomic E-state index is 12.5. The van der Waals surface area contributed by atoms with Gasteiger partial charge >= 0.3 is 6.09 Å². The molecular weight excluding hydrogens is 424 g/mol. The predicted octanol–water partition coefficient (Wildman–Crippen LogP) is 3.60. The van der Waals surface area contributed by atoms with E-state index in [1.807, 2.05) is 19.9 Å². The molecule has 2 amide bonds. The molecule has 1 atom stereocenters. The summed E-state index contributed by atoms with van der Waals surface area (Å²) in [5, 5.41) is 21.2. The molecule has 1 unspecified atom stereocenters. The number of amides is 2. The van der Waals surface area contributed by atoms with E-state index in [-0.39, 0.29) is 31.0 Å². The van der Waals surface area contributed by atoms with Gasteiger partial charge in [0.05, 0.1) is 30.9 Å². The van der Waals surface area contributed by atoms with Crippen LogP contribution in [0.1, 0.15) is 41.3 Å². The quantitative estimate of drug-likeness (QED) is 0.610. The molecule has 0 saturated carbocycles. The molecule has 0 bridgehead atoms. The van der Waals surface area contributed by atoms with Crippen LogP contribution in [-0.4, -0.2) is 59.3 Å². The van der Waals surface area contributed by atoms with Crippen LogP contribution in [-0.2, 0) is 4.74 Å². The molecule has 2 heterocycles. The van der Waals surface area contributed by atoms with E-state index in [1.165, 1.54) is 4.90 Å². The average Bonchev–Trinajstić information content (AvgIpc) is 3.26. The molecule has 3 aromatic rings. The van der Waals surface area contributed by atoms with Crippen molar-refractivity contribution < 1.29 is 23.8 Å². The van der Waals surface area contributed by atoms with E-state index in [9.17, 15) is 14.9 Å². The first-order valence-corrected chi connectivity index (χ1v) is 10.7. The van der Waals surface area contributed by atoms with E-state index in [0.29, 0.717) is 46.8 Å². The van der Waals surface area contributed by atoms with Gasteiger partial charge in [-0.05, 0) is 42.3 Å². The smallest absolute Gasteiger partial charge is 0.407 e. The number of carboxylic acid groups (broad SMARTS) is 1. The van der Waals surface area contributed by atoms with Gasteiger partial charge in [0.2, 0.25) is 5.89 Å². The minimum Gasteiger partial charge on any atom is -0.465 e. The number of morpholine rings is 1. The molecule has 1 aromatic heterocycles. The highest BCUT2D eigenvalue weighted by Gasteiger charge is 2.24. The Morgan fingerprint density at radius 3 is 2.73 bits per heavy atom. The molecule has 1 aliphatic rings. The van der Waals surface area contributed by atoms with Gasteiger partial charge < -0.3 is 24.5 Å². The lowest BCUT2D eigenvalue weighted by Gasteiger charge is -2.31. The normalized spacial score (nSPS) is 16.1. The number of fused-ring (bicyclic) bond motifs is 1. The predicted molar refractivity (Wildman–Crippen MR) is 120 cm³/mol. The van der Waals surface area contributed by atoms with Crippen molar-refractivity contribution in [2.45, 2.75) is 25.9 Å². The fourth-order valence-corrected chi connectivity index (χ4v) is 3.76. The second kappa shape index (κ2) is 9.30. The molecular formula is C24H24N4O5. The third kappa shape index (κ3) is 4.81. The number of hydrogen-bond acceptors (Lipinski definition) is 6. The van der Waals surface area contributed by atoms with Crippen LogP contribution in [0.25, 0.3) is 22.6 Å². The fourth-order valence-electron chi connectivity index (χ4n) is 3.76. The zero-order valence-electron chi connectivity index (χ0n) is 18.4. The molecule has 33 heavy (non-hydrogen) atoms. The number of carbonyl (C=O) groups excluding carboxylic acids is 1. The number of ether oxygens (including phenoxy) is 1. The van der Waals surface area contributed by atoms with E-state index in [0.717, 1.165) is 5.56 Å². The standard InChI is InChI=1S/C24H24N4O5/c1-14(2)19-9-15(11-25)10-20-21(19)33-23(27-20)17-5-3-16(4-6-17)22(29)26-12-18-13-28(24(30)31)7-8-32-18/h3-6,9-10,14,18H,7-8,12-13H2,1-2H3,(H,26,29)(H,30,31). The summed E-state index contributed by atoms with van der Waals surface area (Å²) in [4.78, 5) is 29.4. The molecule has 1 fully saturated rings. The van der Waals surface area contributed by atoms with Crippen molar-refractivity contribution in [3.05, 3.63) is 53.1 Å². The zero-order valence-corrected chi connectivity index (χ0v) is 18.4. The average molecular weight is 448 g/mol. The number of hydrogen-bond donors (Lipinski definition) is 2. The molecule has 170 valence electrons. The van der Waals surface area contributed by atoms with Crippen LogP contribution in [0.4, 0.5) is 4.79 Å². The van der Waals surface area contributed by atoms with Gasteiger partial charge in [-0.3, -0.25) is 4.79 Å². The lowest BCUT2D eigenvalue weighted by molar-refractivity contribution is -0.0199. The summed E-state index contributed by atoms with van der Waals surface area (Å²) in [6.07, 6.45) is -1.37. The van der Waals surface area contributed by atoms with Gasteiger partial charge in [-0.2, -0.15) is 5.26 Å². The second-order valence-corrected chi connectivity index (χ2v) is 8.21. The molecule has 2 aromatic carbocycles. The van der Waals surface area contributed by atoms with Crippen LogP contribution in [0.3, 0.4) is 0 Å². The Kier molecular flexibility index (Phi) is 6.29. The number of aromatic nitrogens is 1. The van der Waals surface area contributed by atoms with Crippen molar-refractivity contribution in [3.8, 4) is 17.5 Å². The topological polar surface area (TPSA) is 129 Å². The van der Waals surface area contributed by atoms with Gasteiger partial charge in [0, 0.05) is 29.8 Å². The van der Waals surface area contributed by atoms with Crippen LogP contribution in [0.2, 0.25) is 0 Å². The van der Waals surface area contributed by atoms with E-state index in [4.69, 9.17) is 14.3 Å². The molecule has 9 heteroatoms. The van der Waals surface area contributed by atoms with E-state index in [1.54, 1.807) is 30.3 Å². The number of benzene rings is 2. The van der Waals surface area contributed by atoms with E-state index >= 15 is 0 Å². The first kappa shape index (κ1) is 22.3. The number of carbonyl (C=O) groups is 2. The molecule has 1 aliphatic heterocycles. The monoisotopic (exact) mass is 448 g/mol. The molecule has 0 radical (unpaired) electrons. The number of rotatable bonds is 5. The molecule has 1 saturated heterocycles. The van der Waals surface area contributed by atoms with Crippen LogP contribution >= 0.6 is 0 Å². The maximum atomic E-state index is 12.5. The summed E-state index contributed by atoms with van der Waals surface area (Å²) in [5.41, 5.74) is 3.90. The summed E-state index contributed by atoms with van der Waals surface area (Å²) in [6, 6.07) is 12.5. The first-order chi connectivity index (χ1) is 15.9.